The lowest BCUT2D eigenvalue weighted by Gasteiger charge is -2.32. The third kappa shape index (κ3) is 3.81. The van der Waals surface area contributed by atoms with Crippen molar-refractivity contribution >= 4 is 18.5 Å². The van der Waals surface area contributed by atoms with Crippen LogP contribution >= 0.6 is 0 Å². The summed E-state index contributed by atoms with van der Waals surface area (Å²) in [6, 6.07) is 4.65. The van der Waals surface area contributed by atoms with E-state index in [1.165, 1.54) is 12.1 Å². The van der Waals surface area contributed by atoms with Gasteiger partial charge >= 0.3 is 7.12 Å². The van der Waals surface area contributed by atoms with E-state index in [1.54, 1.807) is 6.07 Å². The molecule has 2 fully saturated rings. The normalized spacial score (nSPS) is 21.1. The Morgan fingerprint density at radius 2 is 1.85 bits per heavy atom. The van der Waals surface area contributed by atoms with Gasteiger partial charge in [0.1, 0.15) is 5.82 Å². The highest BCUT2D eigenvalue weighted by Crippen LogP contribution is 2.37. The molecule has 1 aliphatic carbocycles. The minimum atomic E-state index is -0.560. The third-order valence-corrected chi connectivity index (χ3v) is 5.71. The minimum absolute atomic E-state index is 0.149. The highest BCUT2D eigenvalue weighted by molar-refractivity contribution is 6.62. The zero-order valence-corrected chi connectivity index (χ0v) is 16.5. The molecule has 0 radical (unpaired) electrons. The highest BCUT2D eigenvalue weighted by Gasteiger charge is 2.52. The molecule has 1 saturated carbocycles. The van der Waals surface area contributed by atoms with Crippen LogP contribution < -0.4 is 5.46 Å². The summed E-state index contributed by atoms with van der Waals surface area (Å²) in [5, 5.41) is 0. The SMILES string of the molecule is CCCN(Cc1cc(F)ccc1B1OC(C)(C)C(C)(C)O1)C(=O)C1CC1. The van der Waals surface area contributed by atoms with Gasteiger partial charge in [-0.2, -0.15) is 0 Å². The molecule has 26 heavy (non-hydrogen) atoms. The maximum Gasteiger partial charge on any atom is 0.495 e. The number of rotatable bonds is 6. The van der Waals surface area contributed by atoms with Crippen LogP contribution in [0.5, 0.6) is 0 Å². The zero-order valence-electron chi connectivity index (χ0n) is 16.5. The quantitative estimate of drug-likeness (QED) is 0.730. The van der Waals surface area contributed by atoms with Crippen LogP contribution in [0.15, 0.2) is 18.2 Å². The topological polar surface area (TPSA) is 38.8 Å². The van der Waals surface area contributed by atoms with Gasteiger partial charge in [0.25, 0.3) is 0 Å². The van der Waals surface area contributed by atoms with Crippen molar-refractivity contribution in [2.75, 3.05) is 6.54 Å². The molecule has 1 saturated heterocycles. The summed E-state index contributed by atoms with van der Waals surface area (Å²) in [5.41, 5.74) is 0.632. The molecule has 0 aromatic heterocycles. The van der Waals surface area contributed by atoms with Crippen LogP contribution in [0.3, 0.4) is 0 Å². The molecule has 6 heteroatoms. The Morgan fingerprint density at radius 1 is 1.23 bits per heavy atom. The average molecular weight is 361 g/mol. The van der Waals surface area contributed by atoms with E-state index in [1.807, 2.05) is 39.5 Å². The Balaban J connectivity index is 1.87. The molecule has 1 amide bonds. The van der Waals surface area contributed by atoms with Crippen LogP contribution in [-0.4, -0.2) is 35.7 Å². The monoisotopic (exact) mass is 361 g/mol. The largest absolute Gasteiger partial charge is 0.495 e. The van der Waals surface area contributed by atoms with Gasteiger partial charge in [0.05, 0.1) is 11.2 Å². The average Bonchev–Trinajstić information content (AvgIpc) is 3.34. The van der Waals surface area contributed by atoms with E-state index >= 15 is 0 Å². The number of carbonyl (C=O) groups is 1. The second-order valence-electron chi connectivity index (χ2n) is 8.47. The number of amides is 1. The lowest BCUT2D eigenvalue weighted by atomic mass is 9.75. The van der Waals surface area contributed by atoms with Gasteiger partial charge in [-0.15, -0.1) is 0 Å². The third-order valence-electron chi connectivity index (χ3n) is 5.71. The number of benzene rings is 1. The van der Waals surface area contributed by atoms with E-state index in [-0.39, 0.29) is 17.6 Å². The van der Waals surface area contributed by atoms with E-state index in [0.29, 0.717) is 13.1 Å². The van der Waals surface area contributed by atoms with Crippen molar-refractivity contribution < 1.29 is 18.5 Å². The standard InChI is InChI=1S/C20H29BFNO3/c1-6-11-23(18(24)14-7-8-14)13-15-12-16(22)9-10-17(15)21-25-19(2,3)20(4,5)26-21/h9-10,12,14H,6-8,11,13H2,1-5H3. The molecular weight excluding hydrogens is 332 g/mol. The predicted octanol–water partition coefficient (Wildman–Crippen LogP) is 3.27. The second-order valence-corrected chi connectivity index (χ2v) is 8.47. The number of halogens is 1. The van der Waals surface area contributed by atoms with Gasteiger partial charge in [-0.1, -0.05) is 13.0 Å². The van der Waals surface area contributed by atoms with Crippen LogP contribution in [0, 0.1) is 11.7 Å². The van der Waals surface area contributed by atoms with Crippen LogP contribution in [0.4, 0.5) is 4.39 Å². The number of hydrogen-bond acceptors (Lipinski definition) is 3. The second kappa shape index (κ2) is 6.97. The first-order valence-corrected chi connectivity index (χ1v) is 9.57. The van der Waals surface area contributed by atoms with E-state index in [4.69, 9.17) is 9.31 Å². The van der Waals surface area contributed by atoms with Crippen molar-refractivity contribution in [2.24, 2.45) is 5.92 Å². The van der Waals surface area contributed by atoms with Crippen LogP contribution in [0.25, 0.3) is 0 Å². The summed E-state index contributed by atoms with van der Waals surface area (Å²) in [6.07, 6.45) is 2.80. The lowest BCUT2D eigenvalue weighted by molar-refractivity contribution is -0.133. The van der Waals surface area contributed by atoms with Gasteiger partial charge in [-0.05, 0) is 70.1 Å². The van der Waals surface area contributed by atoms with Crippen molar-refractivity contribution in [3.63, 3.8) is 0 Å². The van der Waals surface area contributed by atoms with Crippen LogP contribution in [-0.2, 0) is 20.6 Å². The number of nitrogens with zero attached hydrogens (tertiary/aromatic N) is 1. The van der Waals surface area contributed by atoms with Crippen molar-refractivity contribution in [1.82, 2.24) is 4.90 Å². The minimum Gasteiger partial charge on any atom is -0.399 e. The van der Waals surface area contributed by atoms with Gasteiger partial charge in [0.15, 0.2) is 0 Å². The summed E-state index contributed by atoms with van der Waals surface area (Å²) in [7, 11) is -0.560. The Morgan fingerprint density at radius 3 is 2.38 bits per heavy atom. The highest BCUT2D eigenvalue weighted by atomic mass is 19.1. The fourth-order valence-electron chi connectivity index (χ4n) is 3.24. The molecule has 0 N–H and O–H groups in total. The van der Waals surface area contributed by atoms with Crippen molar-refractivity contribution in [3.8, 4) is 0 Å². The first-order valence-electron chi connectivity index (χ1n) is 9.57. The van der Waals surface area contributed by atoms with Gasteiger partial charge < -0.3 is 14.2 Å². The van der Waals surface area contributed by atoms with Gasteiger partial charge in [0, 0.05) is 19.0 Å². The smallest absolute Gasteiger partial charge is 0.399 e. The summed E-state index contributed by atoms with van der Waals surface area (Å²) in [4.78, 5) is 14.4. The lowest BCUT2D eigenvalue weighted by Crippen LogP contribution is -2.41. The van der Waals surface area contributed by atoms with Crippen molar-refractivity contribution in [3.05, 3.63) is 29.6 Å². The maximum atomic E-state index is 14.0. The molecule has 1 aliphatic heterocycles. The molecule has 1 aromatic rings. The van der Waals surface area contributed by atoms with E-state index < -0.39 is 18.3 Å². The molecule has 3 rings (SSSR count). The first-order chi connectivity index (χ1) is 12.1. The molecule has 2 aliphatic rings. The van der Waals surface area contributed by atoms with Gasteiger partial charge in [-0.25, -0.2) is 4.39 Å². The predicted molar refractivity (Wildman–Crippen MR) is 101 cm³/mol. The van der Waals surface area contributed by atoms with Crippen molar-refractivity contribution in [1.29, 1.82) is 0 Å². The van der Waals surface area contributed by atoms with Crippen LogP contribution in [0.1, 0.15) is 59.4 Å². The molecule has 0 bridgehead atoms. The summed E-state index contributed by atoms with van der Waals surface area (Å²) < 4.78 is 26.3. The van der Waals surface area contributed by atoms with E-state index in [0.717, 1.165) is 30.3 Å². The molecule has 0 unspecified atom stereocenters. The first kappa shape index (κ1) is 19.4. The Labute approximate surface area is 156 Å². The molecule has 142 valence electrons. The number of carbonyl (C=O) groups excluding carboxylic acids is 1. The molecule has 1 aromatic carbocycles. The van der Waals surface area contributed by atoms with E-state index in [2.05, 4.69) is 0 Å². The molecular formula is C20H29BFNO3. The Bertz CT molecular complexity index is 672. The Hall–Kier alpha value is -1.40. The summed E-state index contributed by atoms with van der Waals surface area (Å²) >= 11 is 0. The summed E-state index contributed by atoms with van der Waals surface area (Å²) in [6.45, 7) is 11.1. The van der Waals surface area contributed by atoms with Crippen LogP contribution in [0.2, 0.25) is 0 Å². The van der Waals surface area contributed by atoms with Gasteiger partial charge in [-0.3, -0.25) is 4.79 Å². The molecule has 0 atom stereocenters. The zero-order chi connectivity index (χ0) is 19.1. The molecule has 0 spiro atoms. The fourth-order valence-corrected chi connectivity index (χ4v) is 3.24. The summed E-state index contributed by atoms with van der Waals surface area (Å²) in [5.74, 6) is 0.0157. The molecule has 1 heterocycles. The fraction of sp³-hybridized carbons (Fsp3) is 0.650. The number of hydrogen-bond donors (Lipinski definition) is 0. The van der Waals surface area contributed by atoms with Crippen molar-refractivity contribution in [2.45, 2.75) is 71.6 Å². The molecule has 4 nitrogen and oxygen atoms in total. The maximum absolute atomic E-state index is 14.0. The van der Waals surface area contributed by atoms with E-state index in [9.17, 15) is 9.18 Å². The Kier molecular flexibility index (Phi) is 5.19. The van der Waals surface area contributed by atoms with Gasteiger partial charge in [0.2, 0.25) is 5.91 Å².